The zero-order chi connectivity index (χ0) is 18.6. The number of H-pyrrole nitrogens is 1. The van der Waals surface area contributed by atoms with Crippen LogP contribution in [0.3, 0.4) is 0 Å². The van der Waals surface area contributed by atoms with Crippen LogP contribution in [0, 0.1) is 5.82 Å². The third kappa shape index (κ3) is 5.01. The summed E-state index contributed by atoms with van der Waals surface area (Å²) in [6, 6.07) is 4.47. The zero-order valence-corrected chi connectivity index (χ0v) is 13.7. The fourth-order valence-electron chi connectivity index (χ4n) is 1.82. The van der Waals surface area contributed by atoms with Crippen molar-refractivity contribution in [1.82, 2.24) is 9.55 Å². The van der Waals surface area contributed by atoms with E-state index in [9.17, 15) is 23.6 Å². The fourth-order valence-corrected chi connectivity index (χ4v) is 2.04. The first-order chi connectivity index (χ1) is 11.8. The van der Waals surface area contributed by atoms with Crippen LogP contribution in [0.2, 0.25) is 5.02 Å². The number of nitrogens with one attached hydrogen (secondary N) is 2. The molecule has 0 saturated carbocycles. The van der Waals surface area contributed by atoms with Gasteiger partial charge in [-0.15, -0.1) is 0 Å². The molecule has 0 radical (unpaired) electrons. The molecule has 0 aliphatic rings. The second-order valence-electron chi connectivity index (χ2n) is 4.98. The van der Waals surface area contributed by atoms with Gasteiger partial charge in [0.15, 0.2) is 6.10 Å². The first kappa shape index (κ1) is 18.4. The van der Waals surface area contributed by atoms with Crippen molar-refractivity contribution in [2.24, 2.45) is 0 Å². The number of nitrogens with zero attached hydrogens (tertiary/aromatic N) is 1. The maximum absolute atomic E-state index is 13.0. The summed E-state index contributed by atoms with van der Waals surface area (Å²) in [6.45, 7) is 0.838. The monoisotopic (exact) mass is 369 g/mol. The van der Waals surface area contributed by atoms with Crippen LogP contribution in [0.5, 0.6) is 0 Å². The number of rotatable bonds is 5. The van der Waals surface area contributed by atoms with E-state index in [4.69, 9.17) is 16.3 Å². The average Bonchev–Trinajstić information content (AvgIpc) is 2.52. The number of esters is 1. The summed E-state index contributed by atoms with van der Waals surface area (Å²) in [4.78, 5) is 48.2. The SMILES string of the molecule is C[C@H](OC(=O)Cn1ccc(=O)[nH]c1=O)C(=O)Nc1ccc(F)cc1Cl. The van der Waals surface area contributed by atoms with Crippen LogP contribution in [0.15, 0.2) is 40.1 Å². The second kappa shape index (κ2) is 7.75. The Morgan fingerprint density at radius 3 is 2.72 bits per heavy atom. The molecule has 2 N–H and O–H groups in total. The number of carbonyl (C=O) groups is 2. The largest absolute Gasteiger partial charge is 0.451 e. The van der Waals surface area contributed by atoms with E-state index in [-0.39, 0.29) is 10.7 Å². The molecule has 0 aliphatic carbocycles. The molecular formula is C15H13ClFN3O5. The zero-order valence-electron chi connectivity index (χ0n) is 12.9. The Hall–Kier alpha value is -2.94. The highest BCUT2D eigenvalue weighted by molar-refractivity contribution is 6.33. The Labute approximate surface area is 145 Å². The lowest BCUT2D eigenvalue weighted by atomic mass is 10.3. The Morgan fingerprint density at radius 1 is 1.36 bits per heavy atom. The number of benzene rings is 1. The summed E-state index contributed by atoms with van der Waals surface area (Å²) in [5.41, 5.74) is -1.22. The molecule has 1 amide bonds. The normalized spacial score (nSPS) is 11.6. The van der Waals surface area contributed by atoms with E-state index in [2.05, 4.69) is 5.32 Å². The maximum atomic E-state index is 13.0. The third-order valence-electron chi connectivity index (χ3n) is 3.06. The van der Waals surface area contributed by atoms with Gasteiger partial charge in [-0.2, -0.15) is 0 Å². The molecule has 0 bridgehead atoms. The number of amides is 1. The molecular weight excluding hydrogens is 357 g/mol. The minimum absolute atomic E-state index is 0.00771. The van der Waals surface area contributed by atoms with Gasteiger partial charge in [-0.3, -0.25) is 23.9 Å². The van der Waals surface area contributed by atoms with Crippen LogP contribution in [0.4, 0.5) is 10.1 Å². The molecule has 0 unspecified atom stereocenters. The molecule has 0 saturated heterocycles. The van der Waals surface area contributed by atoms with E-state index >= 15 is 0 Å². The molecule has 0 aliphatic heterocycles. The average molecular weight is 370 g/mol. The van der Waals surface area contributed by atoms with Crippen LogP contribution in [0.25, 0.3) is 0 Å². The number of carbonyl (C=O) groups excluding carboxylic acids is 2. The van der Waals surface area contributed by atoms with Crippen LogP contribution in [-0.4, -0.2) is 27.5 Å². The van der Waals surface area contributed by atoms with Gasteiger partial charge in [0.2, 0.25) is 0 Å². The van der Waals surface area contributed by atoms with Gasteiger partial charge in [0.1, 0.15) is 12.4 Å². The first-order valence-electron chi connectivity index (χ1n) is 7.01. The van der Waals surface area contributed by atoms with Crippen LogP contribution in [-0.2, 0) is 20.9 Å². The van der Waals surface area contributed by atoms with Crippen molar-refractivity contribution in [2.75, 3.05) is 5.32 Å². The molecule has 1 heterocycles. The second-order valence-corrected chi connectivity index (χ2v) is 5.39. The molecule has 10 heteroatoms. The summed E-state index contributed by atoms with van der Waals surface area (Å²) < 4.78 is 18.8. The predicted octanol–water partition coefficient (Wildman–Crippen LogP) is 0.899. The first-order valence-corrected chi connectivity index (χ1v) is 7.39. The molecule has 0 fully saturated rings. The third-order valence-corrected chi connectivity index (χ3v) is 3.38. The minimum atomic E-state index is -1.19. The number of halogens is 2. The number of aromatic amines is 1. The molecule has 132 valence electrons. The Morgan fingerprint density at radius 2 is 2.08 bits per heavy atom. The van der Waals surface area contributed by atoms with Gasteiger partial charge in [0.25, 0.3) is 11.5 Å². The molecule has 1 aromatic carbocycles. The molecule has 2 aromatic rings. The van der Waals surface area contributed by atoms with Crippen molar-refractivity contribution < 1.29 is 18.7 Å². The van der Waals surface area contributed by atoms with Gasteiger partial charge in [-0.05, 0) is 25.1 Å². The lowest BCUT2D eigenvalue weighted by molar-refractivity contribution is -0.153. The lowest BCUT2D eigenvalue weighted by Crippen LogP contribution is -2.35. The fraction of sp³-hybridized carbons (Fsp3) is 0.200. The molecule has 1 atom stereocenters. The highest BCUT2D eigenvalue weighted by atomic mass is 35.5. The van der Waals surface area contributed by atoms with E-state index in [1.54, 1.807) is 0 Å². The van der Waals surface area contributed by atoms with Crippen LogP contribution < -0.4 is 16.6 Å². The molecule has 1 aromatic heterocycles. The summed E-state index contributed by atoms with van der Waals surface area (Å²) in [6.07, 6.45) is -0.0575. The standard InChI is InChI=1S/C15H13ClFN3O5/c1-8(14(23)18-11-3-2-9(17)6-10(11)16)25-13(22)7-20-5-4-12(21)19-15(20)24/h2-6,8H,7H2,1H3,(H,18,23)(H,19,21,24)/t8-/m0/s1. The summed E-state index contributed by atoms with van der Waals surface area (Å²) >= 11 is 5.79. The van der Waals surface area contributed by atoms with Gasteiger partial charge >= 0.3 is 11.7 Å². The van der Waals surface area contributed by atoms with Gasteiger partial charge < -0.3 is 10.1 Å². The summed E-state index contributed by atoms with van der Waals surface area (Å²) in [5, 5.41) is 2.39. The van der Waals surface area contributed by atoms with E-state index in [0.717, 1.165) is 29.0 Å². The van der Waals surface area contributed by atoms with Gasteiger partial charge in [-0.1, -0.05) is 11.6 Å². The van der Waals surface area contributed by atoms with Gasteiger partial charge in [-0.25, -0.2) is 9.18 Å². The lowest BCUT2D eigenvalue weighted by Gasteiger charge is -2.14. The number of hydrogen-bond donors (Lipinski definition) is 2. The summed E-state index contributed by atoms with van der Waals surface area (Å²) in [5.74, 6) is -2.11. The van der Waals surface area contributed by atoms with Crippen molar-refractivity contribution >= 4 is 29.2 Å². The van der Waals surface area contributed by atoms with Gasteiger partial charge in [0.05, 0.1) is 10.7 Å². The highest BCUT2D eigenvalue weighted by Gasteiger charge is 2.19. The predicted molar refractivity (Wildman–Crippen MR) is 86.9 cm³/mol. The Balaban J connectivity index is 1.97. The molecule has 2 rings (SSSR count). The van der Waals surface area contributed by atoms with Crippen LogP contribution >= 0.6 is 11.6 Å². The highest BCUT2D eigenvalue weighted by Crippen LogP contribution is 2.22. The van der Waals surface area contributed by atoms with E-state index in [0.29, 0.717) is 0 Å². The van der Waals surface area contributed by atoms with Crippen molar-refractivity contribution in [1.29, 1.82) is 0 Å². The topological polar surface area (TPSA) is 110 Å². The van der Waals surface area contributed by atoms with Crippen molar-refractivity contribution in [3.8, 4) is 0 Å². The van der Waals surface area contributed by atoms with Crippen molar-refractivity contribution in [2.45, 2.75) is 19.6 Å². The molecule has 8 nitrogen and oxygen atoms in total. The number of ether oxygens (including phenoxy) is 1. The number of aromatic nitrogens is 2. The smallest absolute Gasteiger partial charge is 0.328 e. The van der Waals surface area contributed by atoms with E-state index in [1.165, 1.54) is 13.0 Å². The number of hydrogen-bond acceptors (Lipinski definition) is 5. The molecule has 0 spiro atoms. The van der Waals surface area contributed by atoms with Crippen LogP contribution in [0.1, 0.15) is 6.92 Å². The van der Waals surface area contributed by atoms with E-state index in [1.807, 2.05) is 4.98 Å². The Bertz CT molecular complexity index is 924. The number of anilines is 1. The molecule has 25 heavy (non-hydrogen) atoms. The van der Waals surface area contributed by atoms with Crippen molar-refractivity contribution in [3.63, 3.8) is 0 Å². The quantitative estimate of drug-likeness (QED) is 0.761. The maximum Gasteiger partial charge on any atom is 0.328 e. The van der Waals surface area contributed by atoms with Gasteiger partial charge in [0, 0.05) is 12.3 Å². The van der Waals surface area contributed by atoms with Crippen molar-refractivity contribution in [3.05, 3.63) is 62.1 Å². The van der Waals surface area contributed by atoms with E-state index < -0.39 is 41.6 Å². The summed E-state index contributed by atoms with van der Waals surface area (Å²) in [7, 11) is 0. The minimum Gasteiger partial charge on any atom is -0.451 e. The Kier molecular flexibility index (Phi) is 5.71.